The predicted octanol–water partition coefficient (Wildman–Crippen LogP) is 2.95. The first kappa shape index (κ1) is 15.0. The summed E-state index contributed by atoms with van der Waals surface area (Å²) in [5, 5.41) is 17.8. The van der Waals surface area contributed by atoms with Crippen molar-refractivity contribution in [3.63, 3.8) is 0 Å². The zero-order chi connectivity index (χ0) is 15.2. The Bertz CT molecular complexity index is 644. The lowest BCUT2D eigenvalue weighted by Gasteiger charge is -2.10. The molecular weight excluding hydrogens is 295 g/mol. The fraction of sp³-hybridized carbons (Fsp3) is 0.143. The van der Waals surface area contributed by atoms with Gasteiger partial charge in [-0.2, -0.15) is 11.3 Å². The molecule has 2 aromatic rings. The van der Waals surface area contributed by atoms with Crippen LogP contribution in [-0.2, 0) is 6.42 Å². The van der Waals surface area contributed by atoms with Crippen molar-refractivity contribution < 1.29 is 19.1 Å². The molecule has 1 aromatic heterocycles. The lowest BCUT2D eigenvalue weighted by Crippen LogP contribution is -2.31. The highest BCUT2D eigenvalue weighted by molar-refractivity contribution is 7.07. The van der Waals surface area contributed by atoms with E-state index < -0.39 is 23.4 Å². The first-order valence-electron chi connectivity index (χ1n) is 6.15. The fourth-order valence-corrected chi connectivity index (χ4v) is 2.47. The number of carbonyl (C=O) groups excluding carboxylic acids is 1. The molecule has 0 radical (unpaired) electrons. The zero-order valence-electron chi connectivity index (χ0n) is 10.9. The van der Waals surface area contributed by atoms with E-state index >= 15 is 0 Å². The topological polar surface area (TPSA) is 78.4 Å². The van der Waals surface area contributed by atoms with Gasteiger partial charge in [0.2, 0.25) is 0 Å². The van der Waals surface area contributed by atoms with Gasteiger partial charge in [0.15, 0.2) is 0 Å². The van der Waals surface area contributed by atoms with E-state index in [0.29, 0.717) is 13.0 Å². The van der Waals surface area contributed by atoms with Gasteiger partial charge in [-0.05, 0) is 40.9 Å². The van der Waals surface area contributed by atoms with E-state index in [1.54, 1.807) is 11.3 Å². The molecule has 1 aromatic carbocycles. The summed E-state index contributed by atoms with van der Waals surface area (Å²) in [5.74, 6) is -2.32. The van der Waals surface area contributed by atoms with Crippen molar-refractivity contribution in [2.45, 2.75) is 6.42 Å². The molecule has 5 nitrogen and oxygen atoms in total. The number of carboxylic acid groups (broad SMARTS) is 1. The number of amides is 2. The number of benzene rings is 1. The van der Waals surface area contributed by atoms with Gasteiger partial charge in [-0.1, -0.05) is 6.07 Å². The van der Waals surface area contributed by atoms with Gasteiger partial charge in [-0.3, -0.25) is 0 Å². The third kappa shape index (κ3) is 4.03. The Hall–Kier alpha value is -2.41. The van der Waals surface area contributed by atoms with Gasteiger partial charge in [0, 0.05) is 6.54 Å². The van der Waals surface area contributed by atoms with Crippen LogP contribution in [0.3, 0.4) is 0 Å². The molecule has 0 spiro atoms. The van der Waals surface area contributed by atoms with Gasteiger partial charge in [0.25, 0.3) is 0 Å². The summed E-state index contributed by atoms with van der Waals surface area (Å²) < 4.78 is 13.4. The number of nitrogens with one attached hydrogen (secondary N) is 2. The Balaban J connectivity index is 1.93. The number of anilines is 1. The highest BCUT2D eigenvalue weighted by Crippen LogP contribution is 2.18. The van der Waals surface area contributed by atoms with E-state index in [-0.39, 0.29) is 5.69 Å². The predicted molar refractivity (Wildman–Crippen MR) is 78.4 cm³/mol. The maximum absolute atomic E-state index is 13.4. The Morgan fingerprint density at radius 3 is 2.76 bits per heavy atom. The minimum absolute atomic E-state index is 0.0736. The Morgan fingerprint density at radius 2 is 2.10 bits per heavy atom. The summed E-state index contributed by atoms with van der Waals surface area (Å²) >= 11 is 1.57. The van der Waals surface area contributed by atoms with Crippen LogP contribution in [-0.4, -0.2) is 23.7 Å². The molecule has 0 saturated heterocycles. The van der Waals surface area contributed by atoms with Crippen LogP contribution in [0, 0.1) is 5.82 Å². The van der Waals surface area contributed by atoms with Gasteiger partial charge in [0.05, 0.1) is 5.69 Å². The monoisotopic (exact) mass is 308 g/mol. The van der Waals surface area contributed by atoms with Crippen molar-refractivity contribution >= 4 is 29.0 Å². The van der Waals surface area contributed by atoms with Crippen LogP contribution in [0.4, 0.5) is 14.9 Å². The van der Waals surface area contributed by atoms with Gasteiger partial charge in [-0.25, -0.2) is 14.0 Å². The molecule has 0 saturated carbocycles. The molecule has 3 N–H and O–H groups in total. The highest BCUT2D eigenvalue weighted by atomic mass is 32.1. The van der Waals surface area contributed by atoms with Gasteiger partial charge in [-0.15, -0.1) is 0 Å². The zero-order valence-corrected chi connectivity index (χ0v) is 11.7. The second kappa shape index (κ2) is 6.85. The Kier molecular flexibility index (Phi) is 4.89. The minimum atomic E-state index is -1.43. The van der Waals surface area contributed by atoms with Crippen LogP contribution in [0.15, 0.2) is 35.0 Å². The van der Waals surface area contributed by atoms with Crippen molar-refractivity contribution in [1.82, 2.24) is 5.32 Å². The average molecular weight is 308 g/mol. The molecule has 1 heterocycles. The summed E-state index contributed by atoms with van der Waals surface area (Å²) in [4.78, 5) is 22.7. The summed E-state index contributed by atoms with van der Waals surface area (Å²) in [6.07, 6.45) is 0.672. The normalized spacial score (nSPS) is 10.1. The van der Waals surface area contributed by atoms with Crippen molar-refractivity contribution in [1.29, 1.82) is 0 Å². The summed E-state index contributed by atoms with van der Waals surface area (Å²) in [5.41, 5.74) is 0.485. The van der Waals surface area contributed by atoms with Crippen LogP contribution < -0.4 is 10.6 Å². The van der Waals surface area contributed by atoms with Gasteiger partial charge in [0.1, 0.15) is 11.4 Å². The van der Waals surface area contributed by atoms with Gasteiger partial charge < -0.3 is 15.7 Å². The summed E-state index contributed by atoms with van der Waals surface area (Å²) in [6, 6.07) is 5.09. The van der Waals surface area contributed by atoms with E-state index in [1.807, 2.05) is 16.8 Å². The van der Waals surface area contributed by atoms with E-state index in [9.17, 15) is 14.0 Å². The van der Waals surface area contributed by atoms with Gasteiger partial charge >= 0.3 is 12.0 Å². The molecule has 0 atom stereocenters. The van der Waals surface area contributed by atoms with Crippen LogP contribution >= 0.6 is 11.3 Å². The molecule has 0 aliphatic heterocycles. The number of halogens is 1. The molecule has 110 valence electrons. The number of hydrogen-bond acceptors (Lipinski definition) is 3. The average Bonchev–Trinajstić information content (AvgIpc) is 2.91. The molecule has 0 bridgehead atoms. The molecule has 21 heavy (non-hydrogen) atoms. The first-order chi connectivity index (χ1) is 10.1. The third-order valence-corrected chi connectivity index (χ3v) is 3.49. The molecule has 0 fully saturated rings. The van der Waals surface area contributed by atoms with E-state index in [1.165, 1.54) is 12.1 Å². The Morgan fingerprint density at radius 1 is 1.29 bits per heavy atom. The quantitative estimate of drug-likeness (QED) is 0.794. The molecule has 7 heteroatoms. The standard InChI is InChI=1S/C14H13FN2O3S/c15-10-2-1-3-11(12(10)13(18)19)17-14(20)16-6-4-9-5-7-21-8-9/h1-3,5,7-8H,4,6H2,(H,18,19)(H2,16,17,20). The van der Waals surface area contributed by atoms with Crippen molar-refractivity contribution in [2.75, 3.05) is 11.9 Å². The van der Waals surface area contributed by atoms with E-state index in [0.717, 1.165) is 11.6 Å². The SMILES string of the molecule is O=C(NCCc1ccsc1)Nc1cccc(F)c1C(=O)O. The Labute approximate surface area is 124 Å². The van der Waals surface area contributed by atoms with Crippen molar-refractivity contribution in [3.8, 4) is 0 Å². The summed E-state index contributed by atoms with van der Waals surface area (Å²) in [7, 11) is 0. The smallest absolute Gasteiger partial charge is 0.340 e. The molecular formula is C14H13FN2O3S. The van der Waals surface area contributed by atoms with Crippen LogP contribution in [0.5, 0.6) is 0 Å². The van der Waals surface area contributed by atoms with Crippen LogP contribution in [0.2, 0.25) is 0 Å². The number of carboxylic acids is 1. The second-order valence-electron chi connectivity index (χ2n) is 4.23. The minimum Gasteiger partial charge on any atom is -0.478 e. The number of rotatable bonds is 5. The third-order valence-electron chi connectivity index (χ3n) is 2.76. The fourth-order valence-electron chi connectivity index (χ4n) is 1.77. The number of carbonyl (C=O) groups is 2. The molecule has 0 unspecified atom stereocenters. The lowest BCUT2D eigenvalue weighted by molar-refractivity contribution is 0.0693. The van der Waals surface area contributed by atoms with E-state index in [2.05, 4.69) is 10.6 Å². The summed E-state index contributed by atoms with van der Waals surface area (Å²) in [6.45, 7) is 0.403. The van der Waals surface area contributed by atoms with Crippen molar-refractivity contribution in [3.05, 3.63) is 52.0 Å². The van der Waals surface area contributed by atoms with Crippen LogP contribution in [0.25, 0.3) is 0 Å². The van der Waals surface area contributed by atoms with E-state index in [4.69, 9.17) is 5.11 Å². The van der Waals surface area contributed by atoms with Crippen molar-refractivity contribution in [2.24, 2.45) is 0 Å². The second-order valence-corrected chi connectivity index (χ2v) is 5.01. The maximum atomic E-state index is 13.4. The molecule has 0 aliphatic carbocycles. The number of thiophene rings is 1. The largest absolute Gasteiger partial charge is 0.478 e. The highest BCUT2D eigenvalue weighted by Gasteiger charge is 2.16. The van der Waals surface area contributed by atoms with Crippen LogP contribution in [0.1, 0.15) is 15.9 Å². The number of aromatic carboxylic acids is 1. The molecule has 0 aliphatic rings. The lowest BCUT2D eigenvalue weighted by atomic mass is 10.1. The first-order valence-corrected chi connectivity index (χ1v) is 7.10. The maximum Gasteiger partial charge on any atom is 0.340 e. The number of hydrogen-bond donors (Lipinski definition) is 3. The molecule has 2 amide bonds. The molecule has 2 rings (SSSR count). The number of urea groups is 1.